The van der Waals surface area contributed by atoms with Crippen molar-refractivity contribution in [2.45, 2.75) is 65.0 Å². The second-order valence-corrected chi connectivity index (χ2v) is 5.81. The fraction of sp³-hybridized carbons (Fsp3) is 0.923. The van der Waals surface area contributed by atoms with Gasteiger partial charge in [0.25, 0.3) is 0 Å². The van der Waals surface area contributed by atoms with Crippen molar-refractivity contribution in [3.63, 3.8) is 0 Å². The molecule has 0 aromatic carbocycles. The lowest BCUT2D eigenvalue weighted by Gasteiger charge is -2.30. The predicted octanol–water partition coefficient (Wildman–Crippen LogP) is 2.50. The number of hydrogen-bond acceptors (Lipinski definition) is 3. The molecule has 3 heteroatoms. The third-order valence-corrected chi connectivity index (χ3v) is 3.01. The van der Waals surface area contributed by atoms with E-state index in [1.165, 1.54) is 12.8 Å². The van der Waals surface area contributed by atoms with E-state index < -0.39 is 0 Å². The summed E-state index contributed by atoms with van der Waals surface area (Å²) in [6.07, 6.45) is 3.95. The molecular weight excluding hydrogens is 202 g/mol. The zero-order valence-corrected chi connectivity index (χ0v) is 11.0. The van der Waals surface area contributed by atoms with Gasteiger partial charge in [0.2, 0.25) is 0 Å². The van der Waals surface area contributed by atoms with E-state index in [1.807, 2.05) is 20.8 Å². The molecule has 1 rings (SSSR count). The number of carbonyl (C=O) groups is 1. The summed E-state index contributed by atoms with van der Waals surface area (Å²) in [5, 5.41) is 3.48. The lowest BCUT2D eigenvalue weighted by molar-refractivity contribution is -0.155. The average Bonchev–Trinajstić information content (AvgIpc) is 2.14. The van der Waals surface area contributed by atoms with Crippen LogP contribution in [0.4, 0.5) is 0 Å². The van der Waals surface area contributed by atoms with E-state index in [9.17, 15) is 4.79 Å². The smallest absolute Gasteiger partial charge is 0.306 e. The SMILES string of the molecule is C[C@@H]1CCCNC1CCC(=O)OC(C)(C)C. The lowest BCUT2D eigenvalue weighted by atomic mass is 9.90. The Labute approximate surface area is 98.9 Å². The number of hydrogen-bond donors (Lipinski definition) is 1. The normalized spacial score (nSPS) is 26.5. The van der Waals surface area contributed by atoms with Gasteiger partial charge >= 0.3 is 5.97 Å². The Morgan fingerprint density at radius 1 is 1.44 bits per heavy atom. The molecule has 3 nitrogen and oxygen atoms in total. The van der Waals surface area contributed by atoms with E-state index in [1.54, 1.807) is 0 Å². The van der Waals surface area contributed by atoms with E-state index in [0.717, 1.165) is 13.0 Å². The minimum absolute atomic E-state index is 0.0768. The first-order valence-electron chi connectivity index (χ1n) is 6.34. The van der Waals surface area contributed by atoms with Crippen LogP contribution in [0.15, 0.2) is 0 Å². The Kier molecular flexibility index (Phi) is 4.78. The van der Waals surface area contributed by atoms with Crippen LogP contribution in [0.25, 0.3) is 0 Å². The molecule has 0 aromatic rings. The van der Waals surface area contributed by atoms with Gasteiger partial charge in [0.05, 0.1) is 0 Å². The van der Waals surface area contributed by atoms with Crippen LogP contribution < -0.4 is 5.32 Å². The third kappa shape index (κ3) is 4.97. The van der Waals surface area contributed by atoms with E-state index >= 15 is 0 Å². The summed E-state index contributed by atoms with van der Waals surface area (Å²) in [4.78, 5) is 11.6. The van der Waals surface area contributed by atoms with Crippen LogP contribution in [-0.4, -0.2) is 24.2 Å². The molecule has 0 aromatic heterocycles. The van der Waals surface area contributed by atoms with Crippen LogP contribution in [0.3, 0.4) is 0 Å². The third-order valence-electron chi connectivity index (χ3n) is 3.01. The Bertz CT molecular complexity index is 233. The molecule has 0 amide bonds. The van der Waals surface area contributed by atoms with E-state index in [0.29, 0.717) is 18.4 Å². The van der Waals surface area contributed by atoms with E-state index in [-0.39, 0.29) is 11.6 Å². The zero-order valence-electron chi connectivity index (χ0n) is 11.0. The van der Waals surface area contributed by atoms with Crippen molar-refractivity contribution in [1.82, 2.24) is 5.32 Å². The van der Waals surface area contributed by atoms with Gasteiger partial charge in [-0.05, 0) is 52.5 Å². The van der Waals surface area contributed by atoms with Crippen LogP contribution in [-0.2, 0) is 9.53 Å². The highest BCUT2D eigenvalue weighted by molar-refractivity contribution is 5.69. The van der Waals surface area contributed by atoms with Gasteiger partial charge in [-0.15, -0.1) is 0 Å². The second-order valence-electron chi connectivity index (χ2n) is 5.81. The van der Waals surface area contributed by atoms with Crippen LogP contribution in [0.1, 0.15) is 53.4 Å². The summed E-state index contributed by atoms with van der Waals surface area (Å²) in [6.45, 7) is 9.07. The van der Waals surface area contributed by atoms with Gasteiger partial charge in [0, 0.05) is 12.5 Å². The monoisotopic (exact) mass is 227 g/mol. The number of ether oxygens (including phenoxy) is 1. The largest absolute Gasteiger partial charge is 0.460 e. The average molecular weight is 227 g/mol. The Balaban J connectivity index is 2.25. The summed E-state index contributed by atoms with van der Waals surface area (Å²) in [7, 11) is 0. The molecule has 1 N–H and O–H groups in total. The molecule has 0 spiro atoms. The summed E-state index contributed by atoms with van der Waals surface area (Å²) in [6, 6.07) is 0.487. The quantitative estimate of drug-likeness (QED) is 0.753. The molecule has 0 radical (unpaired) electrons. The lowest BCUT2D eigenvalue weighted by Crippen LogP contribution is -2.40. The van der Waals surface area contributed by atoms with E-state index in [4.69, 9.17) is 4.74 Å². The van der Waals surface area contributed by atoms with Crippen molar-refractivity contribution < 1.29 is 9.53 Å². The number of nitrogens with one attached hydrogen (secondary N) is 1. The van der Waals surface area contributed by atoms with Gasteiger partial charge in [-0.1, -0.05) is 6.92 Å². The second kappa shape index (κ2) is 5.67. The molecule has 0 aliphatic carbocycles. The molecule has 0 bridgehead atoms. The van der Waals surface area contributed by atoms with Crippen molar-refractivity contribution in [2.24, 2.45) is 5.92 Å². The van der Waals surface area contributed by atoms with Gasteiger partial charge in [-0.2, -0.15) is 0 Å². The van der Waals surface area contributed by atoms with Crippen molar-refractivity contribution in [1.29, 1.82) is 0 Å². The predicted molar refractivity (Wildman–Crippen MR) is 65.3 cm³/mol. The highest BCUT2D eigenvalue weighted by Gasteiger charge is 2.23. The first-order valence-corrected chi connectivity index (χ1v) is 6.34. The first-order chi connectivity index (χ1) is 7.38. The Morgan fingerprint density at radius 3 is 2.69 bits per heavy atom. The summed E-state index contributed by atoms with van der Waals surface area (Å²) in [5.74, 6) is 0.600. The molecule has 1 aliphatic heterocycles. The molecule has 1 saturated heterocycles. The standard InChI is InChI=1S/C13H25NO2/c1-10-6-5-9-14-11(10)7-8-12(15)16-13(2,3)4/h10-11,14H,5-9H2,1-4H3/t10-,11?/m1/s1. The molecule has 1 aliphatic rings. The Hall–Kier alpha value is -0.570. The maximum Gasteiger partial charge on any atom is 0.306 e. The minimum atomic E-state index is -0.358. The molecule has 16 heavy (non-hydrogen) atoms. The molecule has 1 fully saturated rings. The number of piperidine rings is 1. The number of esters is 1. The summed E-state index contributed by atoms with van der Waals surface area (Å²) in [5.41, 5.74) is -0.358. The minimum Gasteiger partial charge on any atom is -0.460 e. The van der Waals surface area contributed by atoms with Crippen molar-refractivity contribution >= 4 is 5.97 Å². The van der Waals surface area contributed by atoms with Gasteiger partial charge in [-0.3, -0.25) is 4.79 Å². The molecule has 1 unspecified atom stereocenters. The molecule has 2 atom stereocenters. The van der Waals surface area contributed by atoms with Crippen molar-refractivity contribution in [2.75, 3.05) is 6.54 Å². The summed E-state index contributed by atoms with van der Waals surface area (Å²) >= 11 is 0. The van der Waals surface area contributed by atoms with Gasteiger partial charge in [0.15, 0.2) is 0 Å². The van der Waals surface area contributed by atoms with Crippen molar-refractivity contribution in [3.8, 4) is 0 Å². The van der Waals surface area contributed by atoms with Crippen LogP contribution in [0, 0.1) is 5.92 Å². The zero-order chi connectivity index (χ0) is 12.2. The maximum atomic E-state index is 11.6. The number of carbonyl (C=O) groups excluding carboxylic acids is 1. The van der Waals surface area contributed by atoms with Gasteiger partial charge in [0.1, 0.15) is 5.60 Å². The molecular formula is C13H25NO2. The Morgan fingerprint density at radius 2 is 2.12 bits per heavy atom. The maximum absolute atomic E-state index is 11.6. The van der Waals surface area contributed by atoms with Crippen molar-refractivity contribution in [3.05, 3.63) is 0 Å². The molecule has 1 heterocycles. The van der Waals surface area contributed by atoms with Crippen LogP contribution in [0.5, 0.6) is 0 Å². The highest BCUT2D eigenvalue weighted by atomic mass is 16.6. The molecule has 94 valence electrons. The topological polar surface area (TPSA) is 38.3 Å². The summed E-state index contributed by atoms with van der Waals surface area (Å²) < 4.78 is 5.30. The first kappa shape index (κ1) is 13.5. The van der Waals surface area contributed by atoms with E-state index in [2.05, 4.69) is 12.2 Å². The fourth-order valence-electron chi connectivity index (χ4n) is 2.17. The fourth-order valence-corrected chi connectivity index (χ4v) is 2.17. The van der Waals surface area contributed by atoms with Gasteiger partial charge in [-0.25, -0.2) is 0 Å². The highest BCUT2D eigenvalue weighted by Crippen LogP contribution is 2.20. The van der Waals surface area contributed by atoms with Crippen LogP contribution in [0.2, 0.25) is 0 Å². The van der Waals surface area contributed by atoms with Crippen LogP contribution >= 0.6 is 0 Å². The number of rotatable bonds is 3. The molecule has 0 saturated carbocycles. The van der Waals surface area contributed by atoms with Gasteiger partial charge < -0.3 is 10.1 Å².